The van der Waals surface area contributed by atoms with E-state index < -0.39 is 0 Å². The third-order valence-corrected chi connectivity index (χ3v) is 3.52. The number of aryl methyl sites for hydroxylation is 1. The van der Waals surface area contributed by atoms with Crippen molar-refractivity contribution in [3.63, 3.8) is 0 Å². The SMILES string of the molecule is Cc1ccc(Sc2ncn[nH]2)c(CNC(C)C)c1. The zero-order valence-electron chi connectivity index (χ0n) is 10.9. The monoisotopic (exact) mass is 262 g/mol. The van der Waals surface area contributed by atoms with Gasteiger partial charge in [0.25, 0.3) is 0 Å². The smallest absolute Gasteiger partial charge is 0.188 e. The molecule has 0 spiro atoms. The molecule has 0 bridgehead atoms. The largest absolute Gasteiger partial charge is 0.310 e. The van der Waals surface area contributed by atoms with E-state index in [2.05, 4.69) is 59.5 Å². The summed E-state index contributed by atoms with van der Waals surface area (Å²) < 4.78 is 0. The van der Waals surface area contributed by atoms with Gasteiger partial charge in [0.2, 0.25) is 0 Å². The van der Waals surface area contributed by atoms with Crippen molar-refractivity contribution in [1.82, 2.24) is 20.5 Å². The highest BCUT2D eigenvalue weighted by molar-refractivity contribution is 7.99. The molecule has 0 saturated heterocycles. The van der Waals surface area contributed by atoms with Gasteiger partial charge in [-0.2, -0.15) is 5.10 Å². The van der Waals surface area contributed by atoms with E-state index in [9.17, 15) is 0 Å². The predicted octanol–water partition coefficient (Wildman–Crippen LogP) is 2.76. The molecule has 18 heavy (non-hydrogen) atoms. The van der Waals surface area contributed by atoms with E-state index in [1.807, 2.05) is 0 Å². The van der Waals surface area contributed by atoms with Gasteiger partial charge in [0.1, 0.15) is 6.33 Å². The summed E-state index contributed by atoms with van der Waals surface area (Å²) in [5.74, 6) is 0. The first-order valence-corrected chi connectivity index (χ1v) is 6.83. The van der Waals surface area contributed by atoms with Crippen LogP contribution in [0.5, 0.6) is 0 Å². The summed E-state index contributed by atoms with van der Waals surface area (Å²) >= 11 is 1.61. The molecule has 1 heterocycles. The van der Waals surface area contributed by atoms with Gasteiger partial charge in [-0.05, 0) is 18.6 Å². The minimum absolute atomic E-state index is 0.480. The first-order valence-electron chi connectivity index (χ1n) is 6.01. The molecule has 0 atom stereocenters. The van der Waals surface area contributed by atoms with Crippen LogP contribution in [0, 0.1) is 6.92 Å². The van der Waals surface area contributed by atoms with Crippen LogP contribution in [0.1, 0.15) is 25.0 Å². The highest BCUT2D eigenvalue weighted by Crippen LogP contribution is 2.28. The van der Waals surface area contributed by atoms with Gasteiger partial charge in [-0.1, -0.05) is 43.3 Å². The Hall–Kier alpha value is -1.33. The molecule has 5 heteroatoms. The van der Waals surface area contributed by atoms with Gasteiger partial charge >= 0.3 is 0 Å². The Labute approximate surface area is 112 Å². The third-order valence-electron chi connectivity index (χ3n) is 2.52. The van der Waals surface area contributed by atoms with E-state index >= 15 is 0 Å². The first-order chi connectivity index (χ1) is 8.65. The summed E-state index contributed by atoms with van der Waals surface area (Å²) in [4.78, 5) is 5.36. The maximum atomic E-state index is 4.15. The van der Waals surface area contributed by atoms with Crippen LogP contribution >= 0.6 is 11.8 Å². The molecule has 0 amide bonds. The molecule has 2 rings (SSSR count). The van der Waals surface area contributed by atoms with E-state index in [0.29, 0.717) is 6.04 Å². The van der Waals surface area contributed by atoms with E-state index in [4.69, 9.17) is 0 Å². The van der Waals surface area contributed by atoms with E-state index in [-0.39, 0.29) is 0 Å². The molecule has 0 aliphatic heterocycles. The Morgan fingerprint density at radius 3 is 2.89 bits per heavy atom. The van der Waals surface area contributed by atoms with Crippen molar-refractivity contribution >= 4 is 11.8 Å². The number of aromatic nitrogens is 3. The number of hydrogen-bond acceptors (Lipinski definition) is 4. The molecule has 0 fully saturated rings. The van der Waals surface area contributed by atoms with Crippen molar-refractivity contribution in [2.75, 3.05) is 0 Å². The summed E-state index contributed by atoms with van der Waals surface area (Å²) in [6.07, 6.45) is 1.53. The fourth-order valence-corrected chi connectivity index (χ4v) is 2.41. The van der Waals surface area contributed by atoms with Crippen LogP contribution in [0.25, 0.3) is 0 Å². The molecule has 0 aliphatic rings. The Kier molecular flexibility index (Phi) is 4.38. The molecule has 0 unspecified atom stereocenters. The molecule has 4 nitrogen and oxygen atoms in total. The highest BCUT2D eigenvalue weighted by Gasteiger charge is 2.07. The molecule has 96 valence electrons. The predicted molar refractivity (Wildman–Crippen MR) is 73.7 cm³/mol. The van der Waals surface area contributed by atoms with Crippen molar-refractivity contribution in [2.45, 2.75) is 43.4 Å². The Bertz CT molecular complexity index is 494. The topological polar surface area (TPSA) is 53.6 Å². The van der Waals surface area contributed by atoms with Crippen molar-refractivity contribution in [3.05, 3.63) is 35.7 Å². The maximum absolute atomic E-state index is 4.15. The quantitative estimate of drug-likeness (QED) is 0.870. The van der Waals surface area contributed by atoms with Gasteiger partial charge in [-0.3, -0.25) is 5.10 Å². The molecular weight excluding hydrogens is 244 g/mol. The summed E-state index contributed by atoms with van der Waals surface area (Å²) in [5, 5.41) is 11.0. The normalized spacial score (nSPS) is 11.1. The van der Waals surface area contributed by atoms with Gasteiger partial charge in [-0.25, -0.2) is 4.98 Å². The lowest BCUT2D eigenvalue weighted by molar-refractivity contribution is 0.584. The van der Waals surface area contributed by atoms with Gasteiger partial charge < -0.3 is 5.32 Å². The highest BCUT2D eigenvalue weighted by atomic mass is 32.2. The second-order valence-corrected chi connectivity index (χ2v) is 5.57. The second-order valence-electron chi connectivity index (χ2n) is 4.54. The average Bonchev–Trinajstić information content (AvgIpc) is 2.82. The van der Waals surface area contributed by atoms with Crippen molar-refractivity contribution < 1.29 is 0 Å². The number of nitrogens with zero attached hydrogens (tertiary/aromatic N) is 2. The summed E-state index contributed by atoms with van der Waals surface area (Å²) in [7, 11) is 0. The van der Waals surface area contributed by atoms with Gasteiger partial charge in [-0.15, -0.1) is 0 Å². The van der Waals surface area contributed by atoms with Crippen LogP contribution in [-0.2, 0) is 6.54 Å². The summed E-state index contributed by atoms with van der Waals surface area (Å²) in [6.45, 7) is 7.29. The molecule has 1 aromatic carbocycles. The van der Waals surface area contributed by atoms with Crippen LogP contribution in [0.2, 0.25) is 0 Å². The van der Waals surface area contributed by atoms with Gasteiger partial charge in [0, 0.05) is 17.5 Å². The standard InChI is InChI=1S/C13H18N4S/c1-9(2)14-7-11-6-10(3)4-5-12(11)18-13-15-8-16-17-13/h4-6,8-9,14H,7H2,1-3H3,(H,15,16,17). The summed E-state index contributed by atoms with van der Waals surface area (Å²) in [5.41, 5.74) is 2.57. The minimum Gasteiger partial charge on any atom is -0.310 e. The van der Waals surface area contributed by atoms with Crippen molar-refractivity contribution in [3.8, 4) is 0 Å². The van der Waals surface area contributed by atoms with Gasteiger partial charge in [0.05, 0.1) is 0 Å². The number of nitrogens with one attached hydrogen (secondary N) is 2. The number of benzene rings is 1. The number of rotatable bonds is 5. The summed E-state index contributed by atoms with van der Waals surface area (Å²) in [6, 6.07) is 6.96. The number of H-pyrrole nitrogens is 1. The molecular formula is C13H18N4S. The van der Waals surface area contributed by atoms with Crippen LogP contribution < -0.4 is 5.32 Å². The molecule has 0 aliphatic carbocycles. The second kappa shape index (κ2) is 6.02. The van der Waals surface area contributed by atoms with Crippen LogP contribution in [0.4, 0.5) is 0 Å². The fraction of sp³-hybridized carbons (Fsp3) is 0.385. The number of hydrogen-bond donors (Lipinski definition) is 2. The lowest BCUT2D eigenvalue weighted by atomic mass is 10.1. The van der Waals surface area contributed by atoms with Crippen LogP contribution in [0.15, 0.2) is 34.6 Å². The molecule has 2 aromatic rings. The van der Waals surface area contributed by atoms with E-state index in [1.165, 1.54) is 22.3 Å². The third kappa shape index (κ3) is 3.58. The fourth-order valence-electron chi connectivity index (χ4n) is 1.61. The molecule has 0 radical (unpaired) electrons. The van der Waals surface area contributed by atoms with Crippen LogP contribution in [-0.4, -0.2) is 21.2 Å². The van der Waals surface area contributed by atoms with Gasteiger partial charge in [0.15, 0.2) is 5.16 Å². The molecule has 1 aromatic heterocycles. The number of aromatic amines is 1. The Morgan fingerprint density at radius 1 is 1.39 bits per heavy atom. The zero-order chi connectivity index (χ0) is 13.0. The van der Waals surface area contributed by atoms with Crippen LogP contribution in [0.3, 0.4) is 0 Å². The Balaban J connectivity index is 2.17. The van der Waals surface area contributed by atoms with E-state index in [1.54, 1.807) is 11.8 Å². The minimum atomic E-state index is 0.480. The zero-order valence-corrected chi connectivity index (χ0v) is 11.7. The Morgan fingerprint density at radius 2 is 2.22 bits per heavy atom. The average molecular weight is 262 g/mol. The first kappa shape index (κ1) is 13.1. The van der Waals surface area contributed by atoms with E-state index in [0.717, 1.165) is 11.7 Å². The maximum Gasteiger partial charge on any atom is 0.188 e. The molecule has 2 N–H and O–H groups in total. The lowest BCUT2D eigenvalue weighted by Crippen LogP contribution is -2.22. The lowest BCUT2D eigenvalue weighted by Gasteiger charge is -2.12. The van der Waals surface area contributed by atoms with Crippen molar-refractivity contribution in [1.29, 1.82) is 0 Å². The van der Waals surface area contributed by atoms with Crippen molar-refractivity contribution in [2.24, 2.45) is 0 Å². The molecule has 0 saturated carbocycles.